The Morgan fingerprint density at radius 2 is 2.13 bits per heavy atom. The van der Waals surface area contributed by atoms with E-state index in [4.69, 9.17) is 11.6 Å². The minimum absolute atomic E-state index is 0.0469. The lowest BCUT2D eigenvalue weighted by Crippen LogP contribution is -2.35. The fourth-order valence-electron chi connectivity index (χ4n) is 4.09. The maximum absolute atomic E-state index is 13.3. The second-order valence-electron chi connectivity index (χ2n) is 7.40. The van der Waals surface area contributed by atoms with Gasteiger partial charge in [-0.05, 0) is 30.2 Å². The van der Waals surface area contributed by atoms with Crippen LogP contribution in [0.3, 0.4) is 0 Å². The maximum Gasteiger partial charge on any atom is 0.232 e. The molecule has 0 bridgehead atoms. The first-order valence-corrected chi connectivity index (χ1v) is 10.2. The number of fused-ring (bicyclic) bond motifs is 2. The Kier molecular flexibility index (Phi) is 4.85. The van der Waals surface area contributed by atoms with Gasteiger partial charge in [-0.1, -0.05) is 35.9 Å². The SMILES string of the molecule is O=C(Nc1cncc2ccccc12)C1CCN(Cc2ncc[nH]2)c2ccc(Cl)cc21. The first-order chi connectivity index (χ1) is 14.7. The molecule has 0 saturated heterocycles. The summed E-state index contributed by atoms with van der Waals surface area (Å²) in [5, 5.41) is 5.68. The molecule has 1 amide bonds. The van der Waals surface area contributed by atoms with Crippen LogP contribution in [0.25, 0.3) is 10.8 Å². The third-order valence-corrected chi connectivity index (χ3v) is 5.77. The second kappa shape index (κ2) is 7.80. The number of rotatable bonds is 4. The van der Waals surface area contributed by atoms with Crippen LogP contribution in [0.5, 0.6) is 0 Å². The average molecular weight is 418 g/mol. The van der Waals surface area contributed by atoms with Gasteiger partial charge in [-0.15, -0.1) is 0 Å². The molecule has 30 heavy (non-hydrogen) atoms. The van der Waals surface area contributed by atoms with Gasteiger partial charge in [0.1, 0.15) is 5.82 Å². The van der Waals surface area contributed by atoms with Crippen molar-refractivity contribution in [1.82, 2.24) is 15.0 Å². The maximum atomic E-state index is 13.3. The monoisotopic (exact) mass is 417 g/mol. The Balaban J connectivity index is 1.45. The number of anilines is 2. The Morgan fingerprint density at radius 3 is 3.00 bits per heavy atom. The highest BCUT2D eigenvalue weighted by Gasteiger charge is 2.31. The first-order valence-electron chi connectivity index (χ1n) is 9.85. The number of H-pyrrole nitrogens is 1. The summed E-state index contributed by atoms with van der Waals surface area (Å²) in [5.41, 5.74) is 2.67. The van der Waals surface area contributed by atoms with Gasteiger partial charge in [0, 0.05) is 46.6 Å². The van der Waals surface area contributed by atoms with Gasteiger partial charge in [0.25, 0.3) is 0 Å². The number of halogens is 1. The number of carbonyl (C=O) groups is 1. The molecule has 1 unspecified atom stereocenters. The van der Waals surface area contributed by atoms with Gasteiger partial charge in [0.05, 0.1) is 24.3 Å². The molecule has 6 nitrogen and oxygen atoms in total. The molecule has 0 saturated carbocycles. The number of hydrogen-bond donors (Lipinski definition) is 2. The number of carbonyl (C=O) groups excluding carboxylic acids is 1. The largest absolute Gasteiger partial charge is 0.364 e. The van der Waals surface area contributed by atoms with Crippen LogP contribution >= 0.6 is 11.6 Å². The topological polar surface area (TPSA) is 73.9 Å². The normalized spacial score (nSPS) is 15.8. The summed E-state index contributed by atoms with van der Waals surface area (Å²) < 4.78 is 0. The molecule has 2 N–H and O–H groups in total. The number of hydrogen-bond acceptors (Lipinski definition) is 4. The van der Waals surface area contributed by atoms with Gasteiger partial charge in [0.15, 0.2) is 0 Å². The highest BCUT2D eigenvalue weighted by atomic mass is 35.5. The van der Waals surface area contributed by atoms with E-state index in [0.717, 1.165) is 40.1 Å². The third-order valence-electron chi connectivity index (χ3n) is 5.53. The van der Waals surface area contributed by atoms with Crippen molar-refractivity contribution >= 4 is 39.7 Å². The molecule has 4 aromatic rings. The van der Waals surface area contributed by atoms with Crippen LogP contribution in [0.15, 0.2) is 67.3 Å². The van der Waals surface area contributed by atoms with Crippen LogP contribution in [-0.4, -0.2) is 27.4 Å². The number of aromatic amines is 1. The molecule has 1 aliphatic heterocycles. The van der Waals surface area contributed by atoms with Gasteiger partial charge in [0.2, 0.25) is 5.91 Å². The average Bonchev–Trinajstić information content (AvgIpc) is 3.27. The van der Waals surface area contributed by atoms with Crippen molar-refractivity contribution in [2.45, 2.75) is 18.9 Å². The molecule has 1 atom stereocenters. The van der Waals surface area contributed by atoms with Crippen molar-refractivity contribution in [3.8, 4) is 0 Å². The predicted molar refractivity (Wildman–Crippen MR) is 119 cm³/mol. The highest BCUT2D eigenvalue weighted by Crippen LogP contribution is 2.38. The van der Waals surface area contributed by atoms with E-state index in [-0.39, 0.29) is 11.8 Å². The number of benzene rings is 2. The summed E-state index contributed by atoms with van der Waals surface area (Å²) in [5.74, 6) is 0.556. The highest BCUT2D eigenvalue weighted by molar-refractivity contribution is 6.30. The third kappa shape index (κ3) is 3.50. The number of imidazole rings is 1. The molecule has 2 aromatic heterocycles. The minimum atomic E-state index is -0.287. The Labute approximate surface area is 178 Å². The molecule has 1 aliphatic rings. The zero-order valence-electron chi connectivity index (χ0n) is 16.2. The summed E-state index contributed by atoms with van der Waals surface area (Å²) in [7, 11) is 0. The molecule has 0 fully saturated rings. The molecule has 0 spiro atoms. The predicted octanol–water partition coefficient (Wildman–Crippen LogP) is 4.74. The molecular formula is C23H20ClN5O. The molecule has 3 heterocycles. The minimum Gasteiger partial charge on any atom is -0.364 e. The van der Waals surface area contributed by atoms with Crippen LogP contribution < -0.4 is 10.2 Å². The lowest BCUT2D eigenvalue weighted by Gasteiger charge is -2.35. The van der Waals surface area contributed by atoms with Gasteiger partial charge in [-0.25, -0.2) is 4.98 Å². The van der Waals surface area contributed by atoms with E-state index in [0.29, 0.717) is 18.0 Å². The van der Waals surface area contributed by atoms with E-state index in [1.807, 2.05) is 48.7 Å². The smallest absolute Gasteiger partial charge is 0.232 e. The molecule has 5 rings (SSSR count). The molecule has 150 valence electrons. The van der Waals surface area contributed by atoms with Crippen LogP contribution in [0, 0.1) is 0 Å². The van der Waals surface area contributed by atoms with Crippen LogP contribution in [0.4, 0.5) is 11.4 Å². The first kappa shape index (κ1) is 18.6. The van der Waals surface area contributed by atoms with Crippen molar-refractivity contribution in [3.63, 3.8) is 0 Å². The van der Waals surface area contributed by atoms with Gasteiger partial charge >= 0.3 is 0 Å². The van der Waals surface area contributed by atoms with Crippen LogP contribution in [-0.2, 0) is 11.3 Å². The number of nitrogens with zero attached hydrogens (tertiary/aromatic N) is 3. The molecular weight excluding hydrogens is 398 g/mol. The van der Waals surface area contributed by atoms with Gasteiger partial charge in [-0.2, -0.15) is 0 Å². The summed E-state index contributed by atoms with van der Waals surface area (Å²) in [4.78, 5) is 27.3. The quantitative estimate of drug-likeness (QED) is 0.502. The van der Waals surface area contributed by atoms with Crippen LogP contribution in [0.1, 0.15) is 23.7 Å². The van der Waals surface area contributed by atoms with Crippen molar-refractivity contribution in [1.29, 1.82) is 0 Å². The fraction of sp³-hybridized carbons (Fsp3) is 0.174. The molecule has 0 aliphatic carbocycles. The van der Waals surface area contributed by atoms with E-state index in [1.165, 1.54) is 0 Å². The Hall–Kier alpha value is -3.38. The standard InChI is InChI=1S/C23H20ClN5O/c24-16-5-6-21-19(11-16)18(7-10-29(21)14-22-26-8-9-27-22)23(30)28-20-13-25-12-15-3-1-2-4-17(15)20/h1-6,8-9,11-13,18H,7,10,14H2,(H,26,27)(H,28,30). The Bertz CT molecular complexity index is 1200. The van der Waals surface area contributed by atoms with E-state index < -0.39 is 0 Å². The molecule has 7 heteroatoms. The van der Waals surface area contributed by atoms with Gasteiger partial charge < -0.3 is 15.2 Å². The molecule has 0 radical (unpaired) electrons. The number of amides is 1. The summed E-state index contributed by atoms with van der Waals surface area (Å²) in [6.07, 6.45) is 7.75. The van der Waals surface area contributed by atoms with Crippen molar-refractivity contribution in [3.05, 3.63) is 83.7 Å². The molecule has 2 aromatic carbocycles. The van der Waals surface area contributed by atoms with E-state index in [2.05, 4.69) is 25.2 Å². The van der Waals surface area contributed by atoms with Crippen molar-refractivity contribution < 1.29 is 4.79 Å². The van der Waals surface area contributed by atoms with E-state index in [9.17, 15) is 4.79 Å². The fourth-order valence-corrected chi connectivity index (χ4v) is 4.27. The summed E-state index contributed by atoms with van der Waals surface area (Å²) in [6, 6.07) is 13.6. The number of nitrogens with one attached hydrogen (secondary N) is 2. The number of pyridine rings is 1. The van der Waals surface area contributed by atoms with E-state index in [1.54, 1.807) is 18.6 Å². The van der Waals surface area contributed by atoms with Crippen molar-refractivity contribution in [2.75, 3.05) is 16.8 Å². The Morgan fingerprint density at radius 1 is 1.23 bits per heavy atom. The lowest BCUT2D eigenvalue weighted by molar-refractivity contribution is -0.117. The lowest BCUT2D eigenvalue weighted by atomic mass is 9.89. The van der Waals surface area contributed by atoms with E-state index >= 15 is 0 Å². The van der Waals surface area contributed by atoms with Crippen molar-refractivity contribution in [2.24, 2.45) is 0 Å². The summed E-state index contributed by atoms with van der Waals surface area (Å²) in [6.45, 7) is 1.41. The second-order valence-corrected chi connectivity index (χ2v) is 7.84. The van der Waals surface area contributed by atoms with Crippen LogP contribution in [0.2, 0.25) is 5.02 Å². The zero-order valence-corrected chi connectivity index (χ0v) is 16.9. The zero-order chi connectivity index (χ0) is 20.5. The van der Waals surface area contributed by atoms with Gasteiger partial charge in [-0.3, -0.25) is 9.78 Å². The number of aromatic nitrogens is 3. The summed E-state index contributed by atoms with van der Waals surface area (Å²) >= 11 is 6.30.